The molecule has 0 aromatic heterocycles. The van der Waals surface area contributed by atoms with Crippen molar-refractivity contribution in [1.82, 2.24) is 0 Å². The first-order valence-electron chi connectivity index (χ1n) is 3.02. The lowest BCUT2D eigenvalue weighted by atomic mass is 10.4. The van der Waals surface area contributed by atoms with E-state index in [2.05, 4.69) is 13.2 Å². The molecule has 0 heterocycles. The van der Waals surface area contributed by atoms with Crippen molar-refractivity contribution >= 4 is 0 Å². The van der Waals surface area contributed by atoms with E-state index in [0.717, 1.165) is 6.08 Å². The van der Waals surface area contributed by atoms with Crippen molar-refractivity contribution in [2.75, 3.05) is 6.61 Å². The molecule has 0 aromatic rings. The third kappa shape index (κ3) is 3.89. The van der Waals surface area contributed by atoms with Crippen molar-refractivity contribution in [2.45, 2.75) is 6.92 Å². The SMILES string of the molecule is C=C/C(F)=C\C(=C)OCC. The Hall–Kier alpha value is -1.05. The molecule has 0 atom stereocenters. The van der Waals surface area contributed by atoms with Gasteiger partial charge in [-0.15, -0.1) is 0 Å². The van der Waals surface area contributed by atoms with Crippen molar-refractivity contribution in [3.8, 4) is 0 Å². The van der Waals surface area contributed by atoms with E-state index < -0.39 is 5.83 Å². The number of ether oxygens (including phenoxy) is 1. The van der Waals surface area contributed by atoms with Gasteiger partial charge >= 0.3 is 0 Å². The summed E-state index contributed by atoms with van der Waals surface area (Å²) in [7, 11) is 0. The summed E-state index contributed by atoms with van der Waals surface area (Å²) >= 11 is 0. The van der Waals surface area contributed by atoms with Gasteiger partial charge in [0.25, 0.3) is 0 Å². The van der Waals surface area contributed by atoms with Gasteiger partial charge in [-0.1, -0.05) is 13.2 Å². The molecule has 0 saturated heterocycles. The van der Waals surface area contributed by atoms with Crippen LogP contribution >= 0.6 is 0 Å². The van der Waals surface area contributed by atoms with Gasteiger partial charge in [-0.2, -0.15) is 0 Å². The lowest BCUT2D eigenvalue weighted by Gasteiger charge is -1.99. The van der Waals surface area contributed by atoms with Crippen LogP contribution in [0.15, 0.2) is 36.9 Å². The zero-order valence-electron chi connectivity index (χ0n) is 6.06. The Balaban J connectivity index is 3.86. The molecule has 2 heteroatoms. The van der Waals surface area contributed by atoms with E-state index in [-0.39, 0.29) is 0 Å². The third-order valence-electron chi connectivity index (χ3n) is 0.824. The minimum absolute atomic E-state index is 0.319. The number of hydrogen-bond donors (Lipinski definition) is 0. The first-order valence-corrected chi connectivity index (χ1v) is 3.02. The lowest BCUT2D eigenvalue weighted by molar-refractivity contribution is 0.243. The summed E-state index contributed by atoms with van der Waals surface area (Å²) in [6.07, 6.45) is 2.29. The minimum Gasteiger partial charge on any atom is -0.494 e. The van der Waals surface area contributed by atoms with E-state index >= 15 is 0 Å². The van der Waals surface area contributed by atoms with Crippen LogP contribution in [-0.2, 0) is 4.74 Å². The van der Waals surface area contributed by atoms with Gasteiger partial charge in [0, 0.05) is 6.08 Å². The standard InChI is InChI=1S/C8H11FO/c1-4-8(9)6-7(3)10-5-2/h4,6H,1,3,5H2,2H3/b8-6+. The Morgan fingerprint density at radius 3 is 2.70 bits per heavy atom. The Morgan fingerprint density at radius 1 is 1.70 bits per heavy atom. The summed E-state index contributed by atoms with van der Waals surface area (Å²) in [6, 6.07) is 0. The summed E-state index contributed by atoms with van der Waals surface area (Å²) < 4.78 is 17.2. The highest BCUT2D eigenvalue weighted by Gasteiger charge is 1.89. The molecule has 10 heavy (non-hydrogen) atoms. The summed E-state index contributed by atoms with van der Waals surface area (Å²) in [4.78, 5) is 0. The zero-order valence-corrected chi connectivity index (χ0v) is 6.06. The van der Waals surface area contributed by atoms with E-state index in [1.807, 2.05) is 6.92 Å². The average molecular weight is 142 g/mol. The molecular weight excluding hydrogens is 131 g/mol. The fraction of sp³-hybridized carbons (Fsp3) is 0.250. The fourth-order valence-corrected chi connectivity index (χ4v) is 0.440. The van der Waals surface area contributed by atoms with E-state index in [1.165, 1.54) is 6.08 Å². The van der Waals surface area contributed by atoms with Crippen LogP contribution in [0.25, 0.3) is 0 Å². The van der Waals surface area contributed by atoms with Gasteiger partial charge in [0.05, 0.1) is 6.61 Å². The van der Waals surface area contributed by atoms with Crippen molar-refractivity contribution in [3.05, 3.63) is 36.9 Å². The quantitative estimate of drug-likeness (QED) is 0.433. The Kier molecular flexibility index (Phi) is 4.29. The highest BCUT2D eigenvalue weighted by Crippen LogP contribution is 2.03. The molecule has 0 aliphatic heterocycles. The van der Waals surface area contributed by atoms with Gasteiger partial charge in [0.15, 0.2) is 0 Å². The van der Waals surface area contributed by atoms with Gasteiger partial charge in [-0.25, -0.2) is 4.39 Å². The number of allylic oxidation sites excluding steroid dienone is 3. The van der Waals surface area contributed by atoms with Crippen LogP contribution in [0.3, 0.4) is 0 Å². The molecule has 0 N–H and O–H groups in total. The second-order valence-electron chi connectivity index (χ2n) is 1.63. The van der Waals surface area contributed by atoms with Gasteiger partial charge in [-0.3, -0.25) is 0 Å². The van der Waals surface area contributed by atoms with Crippen LogP contribution in [-0.4, -0.2) is 6.61 Å². The molecule has 0 rings (SSSR count). The van der Waals surface area contributed by atoms with Crippen molar-refractivity contribution in [2.24, 2.45) is 0 Å². The molecule has 1 nitrogen and oxygen atoms in total. The molecule has 0 radical (unpaired) electrons. The van der Waals surface area contributed by atoms with Crippen LogP contribution < -0.4 is 0 Å². The van der Waals surface area contributed by atoms with Crippen LogP contribution in [0.2, 0.25) is 0 Å². The monoisotopic (exact) mass is 142 g/mol. The lowest BCUT2D eigenvalue weighted by Crippen LogP contribution is -1.85. The maximum atomic E-state index is 12.3. The molecule has 0 unspecified atom stereocenters. The number of hydrogen-bond acceptors (Lipinski definition) is 1. The largest absolute Gasteiger partial charge is 0.494 e. The molecule has 0 spiro atoms. The summed E-state index contributed by atoms with van der Waals surface area (Å²) in [5.74, 6) is -0.113. The third-order valence-corrected chi connectivity index (χ3v) is 0.824. The van der Waals surface area contributed by atoms with E-state index in [9.17, 15) is 4.39 Å². The molecule has 0 amide bonds. The van der Waals surface area contributed by atoms with E-state index in [4.69, 9.17) is 4.74 Å². The van der Waals surface area contributed by atoms with Crippen LogP contribution in [0.5, 0.6) is 0 Å². The highest BCUT2D eigenvalue weighted by molar-refractivity contribution is 5.18. The second-order valence-corrected chi connectivity index (χ2v) is 1.63. The molecular formula is C8H11FO. The van der Waals surface area contributed by atoms with Crippen molar-refractivity contribution < 1.29 is 9.13 Å². The fourth-order valence-electron chi connectivity index (χ4n) is 0.440. The first-order chi connectivity index (χ1) is 4.70. The molecule has 0 aliphatic carbocycles. The van der Waals surface area contributed by atoms with Gasteiger partial charge in [-0.05, 0) is 13.0 Å². The molecule has 0 bridgehead atoms. The van der Waals surface area contributed by atoms with Gasteiger partial charge in [0.1, 0.15) is 11.6 Å². The average Bonchev–Trinajstić information content (AvgIpc) is 1.88. The van der Waals surface area contributed by atoms with Gasteiger partial charge in [0.2, 0.25) is 0 Å². The Labute approximate surface area is 60.5 Å². The Morgan fingerprint density at radius 2 is 2.30 bits per heavy atom. The second kappa shape index (κ2) is 4.79. The van der Waals surface area contributed by atoms with Gasteiger partial charge < -0.3 is 4.74 Å². The molecule has 56 valence electrons. The van der Waals surface area contributed by atoms with Crippen molar-refractivity contribution in [1.29, 1.82) is 0 Å². The molecule has 0 aliphatic rings. The van der Waals surface area contributed by atoms with Crippen LogP contribution in [0, 0.1) is 0 Å². The van der Waals surface area contributed by atoms with E-state index in [1.54, 1.807) is 0 Å². The molecule has 0 saturated carbocycles. The normalized spacial score (nSPS) is 10.8. The van der Waals surface area contributed by atoms with Crippen LogP contribution in [0.1, 0.15) is 6.92 Å². The predicted molar refractivity (Wildman–Crippen MR) is 40.2 cm³/mol. The minimum atomic E-state index is -0.432. The molecule has 0 aromatic carbocycles. The predicted octanol–water partition coefficient (Wildman–Crippen LogP) is 2.58. The summed E-state index contributed by atoms with van der Waals surface area (Å²) in [5, 5.41) is 0. The first kappa shape index (κ1) is 8.95. The maximum absolute atomic E-state index is 12.3. The van der Waals surface area contributed by atoms with Crippen molar-refractivity contribution in [3.63, 3.8) is 0 Å². The molecule has 0 fully saturated rings. The highest BCUT2D eigenvalue weighted by atomic mass is 19.1. The topological polar surface area (TPSA) is 9.23 Å². The Bertz CT molecular complexity index is 159. The maximum Gasteiger partial charge on any atom is 0.126 e. The van der Waals surface area contributed by atoms with Crippen LogP contribution in [0.4, 0.5) is 4.39 Å². The summed E-state index contributed by atoms with van der Waals surface area (Å²) in [5.41, 5.74) is 0. The number of rotatable bonds is 4. The van der Waals surface area contributed by atoms with E-state index in [0.29, 0.717) is 12.4 Å². The zero-order chi connectivity index (χ0) is 7.98. The number of halogens is 1. The summed E-state index contributed by atoms with van der Waals surface area (Å²) in [6.45, 7) is 8.99. The smallest absolute Gasteiger partial charge is 0.126 e.